The van der Waals surface area contributed by atoms with Crippen LogP contribution in [0.4, 0.5) is 0 Å². The van der Waals surface area contributed by atoms with Crippen LogP contribution >= 0.6 is 11.3 Å². The van der Waals surface area contributed by atoms with E-state index in [-0.39, 0.29) is 6.04 Å². The minimum absolute atomic E-state index is 0.253. The van der Waals surface area contributed by atoms with Crippen LogP contribution < -0.4 is 0 Å². The summed E-state index contributed by atoms with van der Waals surface area (Å²) in [6, 6.07) is 2.27. The number of aromatic nitrogens is 3. The summed E-state index contributed by atoms with van der Waals surface area (Å²) in [5.41, 5.74) is 2.26. The van der Waals surface area contributed by atoms with Crippen LogP contribution in [0.25, 0.3) is 0 Å². The molecular weight excluding hydrogens is 248 g/mol. The molecule has 1 aliphatic heterocycles. The van der Waals surface area contributed by atoms with E-state index in [2.05, 4.69) is 25.5 Å². The molecule has 1 saturated heterocycles. The molecule has 0 aliphatic carbocycles. The molecule has 0 unspecified atom stereocenters. The Balaban J connectivity index is 1.76. The highest BCUT2D eigenvalue weighted by molar-refractivity contribution is 7.09. The second kappa shape index (κ2) is 5.17. The van der Waals surface area contributed by atoms with Gasteiger partial charge in [0.15, 0.2) is 0 Å². The van der Waals surface area contributed by atoms with Gasteiger partial charge in [-0.15, -0.1) is 11.3 Å². The number of nitrogens with zero attached hydrogens (tertiary/aromatic N) is 3. The molecular formula is C12H16N4OS. The Kier molecular flexibility index (Phi) is 3.40. The van der Waals surface area contributed by atoms with Crippen LogP contribution in [0, 0.1) is 6.92 Å². The van der Waals surface area contributed by atoms with Crippen molar-refractivity contribution in [2.24, 2.45) is 0 Å². The first-order chi connectivity index (χ1) is 8.83. The van der Waals surface area contributed by atoms with Gasteiger partial charge in [0, 0.05) is 24.7 Å². The van der Waals surface area contributed by atoms with Gasteiger partial charge in [-0.25, -0.2) is 4.98 Å². The number of hydrogen-bond donors (Lipinski definition) is 1. The van der Waals surface area contributed by atoms with Gasteiger partial charge in [-0.3, -0.25) is 10.00 Å². The van der Waals surface area contributed by atoms with Crippen molar-refractivity contribution >= 4 is 11.3 Å². The second-order valence-corrected chi connectivity index (χ2v) is 5.49. The zero-order valence-electron chi connectivity index (χ0n) is 10.3. The van der Waals surface area contributed by atoms with E-state index in [0.717, 1.165) is 36.1 Å². The van der Waals surface area contributed by atoms with Crippen LogP contribution in [0.3, 0.4) is 0 Å². The average molecular weight is 264 g/mol. The van der Waals surface area contributed by atoms with E-state index in [4.69, 9.17) is 4.74 Å². The van der Waals surface area contributed by atoms with E-state index < -0.39 is 0 Å². The maximum Gasteiger partial charge on any atom is 0.0897 e. The molecule has 0 radical (unpaired) electrons. The Bertz CT molecular complexity index is 496. The third-order valence-electron chi connectivity index (χ3n) is 3.15. The van der Waals surface area contributed by atoms with Crippen molar-refractivity contribution in [2.75, 3.05) is 19.8 Å². The number of nitrogens with one attached hydrogen (secondary N) is 1. The monoisotopic (exact) mass is 264 g/mol. The van der Waals surface area contributed by atoms with Crippen LogP contribution in [-0.4, -0.2) is 39.8 Å². The predicted octanol–water partition coefficient (Wildman–Crippen LogP) is 1.75. The SMILES string of the molecule is Cc1nc(CN2CCOC[C@H]2c2ccn[nH]2)cs1. The fraction of sp³-hybridized carbons (Fsp3) is 0.500. The lowest BCUT2D eigenvalue weighted by molar-refractivity contribution is -0.0147. The zero-order valence-corrected chi connectivity index (χ0v) is 11.1. The second-order valence-electron chi connectivity index (χ2n) is 4.43. The summed E-state index contributed by atoms with van der Waals surface area (Å²) in [5, 5.41) is 10.3. The fourth-order valence-electron chi connectivity index (χ4n) is 2.25. The Morgan fingerprint density at radius 3 is 3.28 bits per heavy atom. The lowest BCUT2D eigenvalue weighted by Crippen LogP contribution is -2.39. The summed E-state index contributed by atoms with van der Waals surface area (Å²) >= 11 is 1.70. The number of ether oxygens (including phenoxy) is 1. The summed E-state index contributed by atoms with van der Waals surface area (Å²) in [5.74, 6) is 0. The van der Waals surface area contributed by atoms with Gasteiger partial charge >= 0.3 is 0 Å². The molecule has 0 aromatic carbocycles. The highest BCUT2D eigenvalue weighted by Gasteiger charge is 2.26. The van der Waals surface area contributed by atoms with Gasteiger partial charge in [0.05, 0.1) is 35.7 Å². The van der Waals surface area contributed by atoms with Gasteiger partial charge in [-0.2, -0.15) is 5.10 Å². The first-order valence-electron chi connectivity index (χ1n) is 6.05. The summed E-state index contributed by atoms with van der Waals surface area (Å²) in [6.45, 7) is 5.34. The highest BCUT2D eigenvalue weighted by Crippen LogP contribution is 2.24. The molecule has 1 atom stereocenters. The van der Waals surface area contributed by atoms with Crippen molar-refractivity contribution in [3.63, 3.8) is 0 Å². The fourth-order valence-corrected chi connectivity index (χ4v) is 2.86. The number of rotatable bonds is 3. The van der Waals surface area contributed by atoms with Crippen LogP contribution in [-0.2, 0) is 11.3 Å². The molecule has 3 heterocycles. The van der Waals surface area contributed by atoms with Gasteiger partial charge in [-0.05, 0) is 13.0 Å². The molecule has 2 aromatic rings. The Morgan fingerprint density at radius 1 is 1.61 bits per heavy atom. The lowest BCUT2D eigenvalue weighted by Gasteiger charge is -2.34. The van der Waals surface area contributed by atoms with E-state index in [0.29, 0.717) is 6.61 Å². The maximum absolute atomic E-state index is 5.57. The van der Waals surface area contributed by atoms with Crippen LogP contribution in [0.1, 0.15) is 22.4 Å². The number of morpholine rings is 1. The minimum atomic E-state index is 0.253. The molecule has 18 heavy (non-hydrogen) atoms. The van der Waals surface area contributed by atoms with E-state index in [1.165, 1.54) is 0 Å². The topological polar surface area (TPSA) is 54.0 Å². The third kappa shape index (κ3) is 2.45. The van der Waals surface area contributed by atoms with Crippen molar-refractivity contribution in [2.45, 2.75) is 19.5 Å². The van der Waals surface area contributed by atoms with E-state index in [1.54, 1.807) is 17.5 Å². The van der Waals surface area contributed by atoms with Gasteiger partial charge in [0.25, 0.3) is 0 Å². The molecule has 0 amide bonds. The van der Waals surface area contributed by atoms with Crippen molar-refractivity contribution in [1.29, 1.82) is 0 Å². The Hall–Kier alpha value is -1.24. The molecule has 0 spiro atoms. The Labute approximate surface area is 110 Å². The van der Waals surface area contributed by atoms with Crippen molar-refractivity contribution in [3.8, 4) is 0 Å². The molecule has 96 valence electrons. The molecule has 0 saturated carbocycles. The molecule has 5 nitrogen and oxygen atoms in total. The summed E-state index contributed by atoms with van der Waals surface area (Å²) < 4.78 is 5.57. The van der Waals surface area contributed by atoms with Crippen LogP contribution in [0.5, 0.6) is 0 Å². The lowest BCUT2D eigenvalue weighted by atomic mass is 10.1. The summed E-state index contributed by atoms with van der Waals surface area (Å²) in [6.07, 6.45) is 1.79. The highest BCUT2D eigenvalue weighted by atomic mass is 32.1. The number of aryl methyl sites for hydroxylation is 1. The van der Waals surface area contributed by atoms with Gasteiger partial charge in [-0.1, -0.05) is 0 Å². The normalized spacial score (nSPS) is 21.3. The molecule has 6 heteroatoms. The van der Waals surface area contributed by atoms with Crippen molar-refractivity contribution in [1.82, 2.24) is 20.1 Å². The molecule has 1 N–H and O–H groups in total. The minimum Gasteiger partial charge on any atom is -0.378 e. The molecule has 2 aromatic heterocycles. The molecule has 1 aliphatic rings. The molecule has 3 rings (SSSR count). The van der Waals surface area contributed by atoms with Gasteiger partial charge < -0.3 is 4.74 Å². The number of aromatic amines is 1. The summed E-state index contributed by atoms with van der Waals surface area (Å²) in [7, 11) is 0. The maximum atomic E-state index is 5.57. The van der Waals surface area contributed by atoms with Gasteiger partial charge in [0.1, 0.15) is 0 Å². The van der Waals surface area contributed by atoms with E-state index >= 15 is 0 Å². The predicted molar refractivity (Wildman–Crippen MR) is 69.4 cm³/mol. The summed E-state index contributed by atoms with van der Waals surface area (Å²) in [4.78, 5) is 6.93. The number of hydrogen-bond acceptors (Lipinski definition) is 5. The van der Waals surface area contributed by atoms with E-state index in [9.17, 15) is 0 Å². The van der Waals surface area contributed by atoms with Crippen molar-refractivity contribution in [3.05, 3.63) is 34.0 Å². The smallest absolute Gasteiger partial charge is 0.0897 e. The van der Waals surface area contributed by atoms with Crippen LogP contribution in [0.2, 0.25) is 0 Å². The standard InChI is InChI=1S/C12H16N4OS/c1-9-14-10(8-18-9)6-16-4-5-17-7-12(16)11-2-3-13-15-11/h2-3,8,12H,4-7H2,1H3,(H,13,15)/t12-/m0/s1. The van der Waals surface area contributed by atoms with E-state index in [1.807, 2.05) is 13.0 Å². The van der Waals surface area contributed by atoms with Crippen molar-refractivity contribution < 1.29 is 4.74 Å². The van der Waals surface area contributed by atoms with Crippen LogP contribution in [0.15, 0.2) is 17.6 Å². The average Bonchev–Trinajstić information content (AvgIpc) is 3.02. The third-order valence-corrected chi connectivity index (χ3v) is 3.97. The zero-order chi connectivity index (χ0) is 12.4. The number of thiazole rings is 1. The first-order valence-corrected chi connectivity index (χ1v) is 6.93. The van der Waals surface area contributed by atoms with Gasteiger partial charge in [0.2, 0.25) is 0 Å². The quantitative estimate of drug-likeness (QED) is 0.917. The molecule has 1 fully saturated rings. The number of H-pyrrole nitrogens is 1. The Morgan fingerprint density at radius 2 is 2.56 bits per heavy atom. The largest absolute Gasteiger partial charge is 0.378 e. The molecule has 0 bridgehead atoms. The first kappa shape index (κ1) is 11.8.